The Balaban J connectivity index is 1.61. The molecule has 5 nitrogen and oxygen atoms in total. The van der Waals surface area contributed by atoms with Gasteiger partial charge in [0.2, 0.25) is 0 Å². The molecule has 166 valence electrons. The Labute approximate surface area is 174 Å². The van der Waals surface area contributed by atoms with Gasteiger partial charge in [-0.05, 0) is 97.7 Å². The molecule has 29 heavy (non-hydrogen) atoms. The van der Waals surface area contributed by atoms with Gasteiger partial charge in [-0.25, -0.2) is 0 Å². The van der Waals surface area contributed by atoms with Crippen molar-refractivity contribution >= 4 is 5.97 Å². The summed E-state index contributed by atoms with van der Waals surface area (Å²) < 4.78 is 0. The summed E-state index contributed by atoms with van der Waals surface area (Å²) in [5, 5.41) is 42.0. The Morgan fingerprint density at radius 3 is 2.45 bits per heavy atom. The molecule has 0 aromatic heterocycles. The summed E-state index contributed by atoms with van der Waals surface area (Å²) in [6.07, 6.45) is 6.00. The fourth-order valence-electron chi connectivity index (χ4n) is 8.68. The van der Waals surface area contributed by atoms with Gasteiger partial charge in [0, 0.05) is 6.42 Å². The fourth-order valence-corrected chi connectivity index (χ4v) is 8.68. The van der Waals surface area contributed by atoms with E-state index in [4.69, 9.17) is 5.11 Å². The maximum absolute atomic E-state index is 11.5. The van der Waals surface area contributed by atoms with E-state index in [1.165, 1.54) is 0 Å². The smallest absolute Gasteiger partial charge is 0.303 e. The molecule has 4 N–H and O–H groups in total. The second-order valence-corrected chi connectivity index (χ2v) is 11.4. The third-order valence-electron chi connectivity index (χ3n) is 10.3. The topological polar surface area (TPSA) is 98.0 Å². The molecule has 0 saturated heterocycles. The first-order chi connectivity index (χ1) is 13.6. The van der Waals surface area contributed by atoms with Crippen molar-refractivity contribution in [3.8, 4) is 0 Å². The van der Waals surface area contributed by atoms with E-state index in [1.54, 1.807) is 0 Å². The molecule has 0 spiro atoms. The molecule has 11 atom stereocenters. The van der Waals surface area contributed by atoms with Crippen LogP contribution in [0.4, 0.5) is 0 Å². The zero-order chi connectivity index (χ0) is 21.1. The van der Waals surface area contributed by atoms with Gasteiger partial charge in [-0.2, -0.15) is 0 Å². The molecule has 4 aliphatic rings. The number of aliphatic hydroxyl groups is 3. The van der Waals surface area contributed by atoms with Gasteiger partial charge in [0.25, 0.3) is 0 Å². The number of carbonyl (C=O) groups is 1. The van der Waals surface area contributed by atoms with Crippen LogP contribution in [0.15, 0.2) is 0 Å². The molecule has 4 fully saturated rings. The molecular weight excluding hydrogens is 368 g/mol. The summed E-state index contributed by atoms with van der Waals surface area (Å²) in [7, 11) is 0. The number of rotatable bonds is 4. The van der Waals surface area contributed by atoms with Crippen molar-refractivity contribution in [2.45, 2.75) is 96.9 Å². The van der Waals surface area contributed by atoms with Gasteiger partial charge in [0.1, 0.15) is 0 Å². The van der Waals surface area contributed by atoms with E-state index < -0.39 is 12.1 Å². The first kappa shape index (κ1) is 21.6. The molecule has 5 heteroatoms. The monoisotopic (exact) mass is 408 g/mol. The highest BCUT2D eigenvalue weighted by molar-refractivity contribution is 5.66. The van der Waals surface area contributed by atoms with Crippen molar-refractivity contribution in [3.63, 3.8) is 0 Å². The molecule has 0 aromatic carbocycles. The Morgan fingerprint density at radius 1 is 1.03 bits per heavy atom. The van der Waals surface area contributed by atoms with Gasteiger partial charge in [0.15, 0.2) is 0 Å². The highest BCUT2D eigenvalue weighted by Gasteiger charge is 2.65. The van der Waals surface area contributed by atoms with Crippen LogP contribution in [0.25, 0.3) is 0 Å². The molecule has 0 aliphatic heterocycles. The van der Waals surface area contributed by atoms with Gasteiger partial charge in [-0.15, -0.1) is 0 Å². The second-order valence-electron chi connectivity index (χ2n) is 11.4. The average Bonchev–Trinajstić information content (AvgIpc) is 3.01. The van der Waals surface area contributed by atoms with Gasteiger partial charge < -0.3 is 20.4 Å². The molecule has 0 aromatic rings. The van der Waals surface area contributed by atoms with Gasteiger partial charge in [0.05, 0.1) is 18.3 Å². The highest BCUT2D eigenvalue weighted by Crippen LogP contribution is 2.68. The van der Waals surface area contributed by atoms with Crippen LogP contribution in [0.1, 0.15) is 78.6 Å². The number of aliphatic hydroxyl groups excluding tert-OH is 3. The van der Waals surface area contributed by atoms with Crippen LogP contribution < -0.4 is 0 Å². The van der Waals surface area contributed by atoms with E-state index in [0.29, 0.717) is 30.1 Å². The minimum absolute atomic E-state index is 0.0957. The number of hydrogen-bond acceptors (Lipinski definition) is 4. The predicted molar refractivity (Wildman–Crippen MR) is 110 cm³/mol. The van der Waals surface area contributed by atoms with E-state index >= 15 is 0 Å². The summed E-state index contributed by atoms with van der Waals surface area (Å²) in [5.41, 5.74) is -0.143. The first-order valence-electron chi connectivity index (χ1n) is 11.8. The summed E-state index contributed by atoms with van der Waals surface area (Å²) in [6.45, 7) is 6.72. The Kier molecular flexibility index (Phi) is 5.57. The van der Waals surface area contributed by atoms with Crippen molar-refractivity contribution in [2.75, 3.05) is 0 Å². The molecular formula is C24H40O5. The van der Waals surface area contributed by atoms with E-state index in [9.17, 15) is 20.1 Å². The lowest BCUT2D eigenvalue weighted by molar-refractivity contribution is -0.207. The van der Waals surface area contributed by atoms with Crippen molar-refractivity contribution in [1.29, 1.82) is 0 Å². The largest absolute Gasteiger partial charge is 0.481 e. The lowest BCUT2D eigenvalue weighted by atomic mass is 9.43. The molecule has 4 rings (SSSR count). The zero-order valence-electron chi connectivity index (χ0n) is 18.3. The predicted octanol–water partition coefficient (Wildman–Crippen LogP) is 3.45. The molecule has 4 saturated carbocycles. The van der Waals surface area contributed by atoms with Gasteiger partial charge in [-0.3, -0.25) is 4.79 Å². The van der Waals surface area contributed by atoms with Crippen LogP contribution in [0.5, 0.6) is 0 Å². The number of hydrogen-bond donors (Lipinski definition) is 4. The first-order valence-corrected chi connectivity index (χ1v) is 11.8. The SMILES string of the molecule is C[C@H](CCC(=O)O)C1CC[C@H]2[C@@H]3[C@H](O)C[C@@H]4C[C@H](O)CC[C@]4(C)[C@H]3C[C@H](O)[C@]12C. The van der Waals surface area contributed by atoms with Crippen molar-refractivity contribution in [3.05, 3.63) is 0 Å². The van der Waals surface area contributed by atoms with Gasteiger partial charge >= 0.3 is 5.97 Å². The van der Waals surface area contributed by atoms with Crippen molar-refractivity contribution < 1.29 is 25.2 Å². The molecule has 0 bridgehead atoms. The number of aliphatic carboxylic acids is 1. The minimum atomic E-state index is -0.748. The number of carboxylic acid groups (broad SMARTS) is 1. The highest BCUT2D eigenvalue weighted by atomic mass is 16.4. The minimum Gasteiger partial charge on any atom is -0.481 e. The standard InChI is InChI=1S/C24H40O5/c1-13(4-7-21(28)29)16-5-6-17-22-18(12-20(27)24(16,17)3)23(2)9-8-15(25)10-14(23)11-19(22)26/h13-20,22,25-27H,4-12H2,1-3H3,(H,28,29)/t13-,14+,15-,16?,17+,18+,19-,20+,22+,23+,24-/m1/s1. The van der Waals surface area contributed by atoms with Gasteiger partial charge in [-0.1, -0.05) is 20.8 Å². The molecule has 0 heterocycles. The summed E-state index contributed by atoms with van der Waals surface area (Å²) >= 11 is 0. The lowest BCUT2D eigenvalue weighted by Gasteiger charge is -2.63. The average molecular weight is 409 g/mol. The van der Waals surface area contributed by atoms with Crippen molar-refractivity contribution in [2.24, 2.45) is 46.3 Å². The Morgan fingerprint density at radius 2 is 1.76 bits per heavy atom. The summed E-state index contributed by atoms with van der Waals surface area (Å²) in [6, 6.07) is 0. The van der Waals surface area contributed by atoms with Crippen LogP contribution in [0, 0.1) is 46.3 Å². The van der Waals surface area contributed by atoms with Crippen molar-refractivity contribution in [1.82, 2.24) is 0 Å². The number of fused-ring (bicyclic) bond motifs is 5. The van der Waals surface area contributed by atoms with E-state index in [1.807, 2.05) is 0 Å². The van der Waals surface area contributed by atoms with E-state index in [-0.39, 0.29) is 41.3 Å². The molecule has 0 radical (unpaired) electrons. The maximum Gasteiger partial charge on any atom is 0.303 e. The van der Waals surface area contributed by atoms with Crippen LogP contribution in [0.3, 0.4) is 0 Å². The fraction of sp³-hybridized carbons (Fsp3) is 0.958. The maximum atomic E-state index is 11.5. The van der Waals surface area contributed by atoms with Crippen LogP contribution in [-0.2, 0) is 4.79 Å². The molecule has 4 aliphatic carbocycles. The van der Waals surface area contributed by atoms with Crippen LogP contribution in [-0.4, -0.2) is 44.7 Å². The molecule has 1 unspecified atom stereocenters. The number of carboxylic acids is 1. The van der Waals surface area contributed by atoms with Crippen LogP contribution in [0.2, 0.25) is 0 Å². The third-order valence-corrected chi connectivity index (χ3v) is 10.3. The van der Waals surface area contributed by atoms with Crippen LogP contribution >= 0.6 is 0 Å². The molecule has 0 amide bonds. The lowest BCUT2D eigenvalue weighted by Crippen LogP contribution is -2.62. The summed E-state index contributed by atoms with van der Waals surface area (Å²) in [4.78, 5) is 11.1. The van der Waals surface area contributed by atoms with E-state index in [2.05, 4.69) is 20.8 Å². The zero-order valence-corrected chi connectivity index (χ0v) is 18.3. The normalized spacial score (nSPS) is 52.9. The Bertz CT molecular complexity index is 637. The Hall–Kier alpha value is -0.650. The van der Waals surface area contributed by atoms with E-state index in [0.717, 1.165) is 44.9 Å². The quantitative estimate of drug-likeness (QED) is 0.571. The second kappa shape index (κ2) is 7.49. The third kappa shape index (κ3) is 3.27. The summed E-state index contributed by atoms with van der Waals surface area (Å²) in [5.74, 6) is 0.997.